The van der Waals surface area contributed by atoms with Crippen molar-refractivity contribution in [1.82, 2.24) is 20.2 Å². The molecule has 0 aliphatic carbocycles. The molecule has 0 N–H and O–H groups in total. The zero-order valence-corrected chi connectivity index (χ0v) is 17.5. The molecule has 4 aromatic rings. The summed E-state index contributed by atoms with van der Waals surface area (Å²) < 4.78 is 10.9. The summed E-state index contributed by atoms with van der Waals surface area (Å²) in [4.78, 5) is 19.5. The highest BCUT2D eigenvalue weighted by molar-refractivity contribution is 5.86. The van der Waals surface area contributed by atoms with Crippen LogP contribution in [0.4, 0.5) is 0 Å². The third kappa shape index (κ3) is 4.08. The Morgan fingerprint density at radius 3 is 2.84 bits per heavy atom. The van der Waals surface area contributed by atoms with E-state index in [0.29, 0.717) is 41.9 Å². The van der Waals surface area contributed by atoms with Crippen LogP contribution >= 0.6 is 0 Å². The van der Waals surface area contributed by atoms with Gasteiger partial charge < -0.3 is 13.9 Å². The number of carbonyl (C=O) groups is 1. The monoisotopic (exact) mass is 416 g/mol. The fourth-order valence-electron chi connectivity index (χ4n) is 4.30. The summed E-state index contributed by atoms with van der Waals surface area (Å²) in [5.41, 5.74) is 3.51. The first kappa shape index (κ1) is 19.5. The lowest BCUT2D eigenvalue weighted by Crippen LogP contribution is -2.41. The summed E-state index contributed by atoms with van der Waals surface area (Å²) in [7, 11) is 0. The summed E-state index contributed by atoms with van der Waals surface area (Å²) in [6, 6.07) is 15.6. The fraction of sp³-hybridized carbons (Fsp3) is 0.333. The number of benzene rings is 2. The van der Waals surface area contributed by atoms with Crippen LogP contribution in [-0.2, 0) is 17.6 Å². The molecule has 0 spiro atoms. The number of para-hydroxylation sites is 1. The van der Waals surface area contributed by atoms with Crippen molar-refractivity contribution in [3.05, 3.63) is 65.7 Å². The van der Waals surface area contributed by atoms with E-state index in [2.05, 4.69) is 15.3 Å². The maximum absolute atomic E-state index is 12.9. The van der Waals surface area contributed by atoms with E-state index in [9.17, 15) is 4.79 Å². The Morgan fingerprint density at radius 1 is 1.10 bits per heavy atom. The van der Waals surface area contributed by atoms with Crippen LogP contribution in [0.2, 0.25) is 0 Å². The SMILES string of the molecule is Cc1ccccc1-c1noc(C[C@H]2CCCN(C(=O)Cc3noc4ccccc34)C2)n1. The number of likely N-dealkylation sites (tertiary alicyclic amines) is 1. The topological polar surface area (TPSA) is 85.3 Å². The van der Waals surface area contributed by atoms with Crippen LogP contribution in [-0.4, -0.2) is 39.2 Å². The Hall–Kier alpha value is -3.48. The molecule has 0 unspecified atom stereocenters. The van der Waals surface area contributed by atoms with Crippen molar-refractivity contribution in [2.24, 2.45) is 5.92 Å². The maximum atomic E-state index is 12.9. The van der Waals surface area contributed by atoms with Crippen molar-refractivity contribution in [1.29, 1.82) is 0 Å². The molecule has 31 heavy (non-hydrogen) atoms. The van der Waals surface area contributed by atoms with Gasteiger partial charge in [0.1, 0.15) is 5.69 Å². The van der Waals surface area contributed by atoms with Crippen LogP contribution in [0.3, 0.4) is 0 Å². The number of fused-ring (bicyclic) bond motifs is 1. The Morgan fingerprint density at radius 2 is 1.94 bits per heavy atom. The normalized spacial score (nSPS) is 16.7. The zero-order chi connectivity index (χ0) is 21.2. The molecule has 1 aliphatic heterocycles. The van der Waals surface area contributed by atoms with Crippen molar-refractivity contribution in [2.45, 2.75) is 32.6 Å². The van der Waals surface area contributed by atoms with E-state index in [0.717, 1.165) is 35.9 Å². The molecule has 158 valence electrons. The van der Waals surface area contributed by atoms with Gasteiger partial charge in [0.05, 0.1) is 6.42 Å². The molecule has 7 heteroatoms. The van der Waals surface area contributed by atoms with Gasteiger partial charge in [-0.05, 0) is 43.4 Å². The predicted molar refractivity (Wildman–Crippen MR) is 115 cm³/mol. The van der Waals surface area contributed by atoms with Gasteiger partial charge in [0.15, 0.2) is 5.58 Å². The van der Waals surface area contributed by atoms with Crippen molar-refractivity contribution in [2.75, 3.05) is 13.1 Å². The standard InChI is InChI=1S/C24H24N4O3/c1-16-7-2-3-9-18(16)24-25-22(31-27-24)13-17-8-6-12-28(15-17)23(29)14-20-19-10-4-5-11-21(19)30-26-20/h2-5,7,9-11,17H,6,8,12-15H2,1H3/t17-/m1/s1. The van der Waals surface area contributed by atoms with Crippen molar-refractivity contribution in [3.63, 3.8) is 0 Å². The Bertz CT molecular complexity index is 1210. The van der Waals surface area contributed by atoms with E-state index in [4.69, 9.17) is 9.05 Å². The third-order valence-corrected chi connectivity index (χ3v) is 5.96. The number of carbonyl (C=O) groups excluding carboxylic acids is 1. The van der Waals surface area contributed by atoms with E-state index in [-0.39, 0.29) is 12.3 Å². The first-order valence-electron chi connectivity index (χ1n) is 10.7. The summed E-state index contributed by atoms with van der Waals surface area (Å²) in [5, 5.41) is 9.16. The van der Waals surface area contributed by atoms with Crippen LogP contribution in [0.25, 0.3) is 22.4 Å². The average Bonchev–Trinajstić information content (AvgIpc) is 3.42. The van der Waals surface area contributed by atoms with Crippen LogP contribution in [0.1, 0.15) is 30.0 Å². The van der Waals surface area contributed by atoms with Gasteiger partial charge in [0, 0.05) is 30.5 Å². The van der Waals surface area contributed by atoms with Crippen LogP contribution in [0.15, 0.2) is 57.6 Å². The number of aryl methyl sites for hydroxylation is 1. The molecule has 1 aliphatic rings. The minimum atomic E-state index is 0.0786. The van der Waals surface area contributed by atoms with Crippen molar-refractivity contribution >= 4 is 16.9 Å². The van der Waals surface area contributed by atoms with Gasteiger partial charge >= 0.3 is 0 Å². The molecule has 3 heterocycles. The molecule has 5 rings (SSSR count). The quantitative estimate of drug-likeness (QED) is 0.484. The molecule has 0 radical (unpaired) electrons. The molecular formula is C24H24N4O3. The van der Waals surface area contributed by atoms with Crippen LogP contribution in [0.5, 0.6) is 0 Å². The van der Waals surface area contributed by atoms with Gasteiger partial charge in [-0.1, -0.05) is 46.7 Å². The molecule has 2 aromatic carbocycles. The van der Waals surface area contributed by atoms with Gasteiger partial charge in [-0.2, -0.15) is 4.98 Å². The lowest BCUT2D eigenvalue weighted by molar-refractivity contribution is -0.132. The highest BCUT2D eigenvalue weighted by atomic mass is 16.5. The number of rotatable bonds is 5. The van der Waals surface area contributed by atoms with Crippen LogP contribution in [0, 0.1) is 12.8 Å². The van der Waals surface area contributed by atoms with E-state index in [1.54, 1.807) is 0 Å². The van der Waals surface area contributed by atoms with Gasteiger partial charge in [-0.25, -0.2) is 0 Å². The summed E-state index contributed by atoms with van der Waals surface area (Å²) >= 11 is 0. The van der Waals surface area contributed by atoms with Crippen molar-refractivity contribution in [3.8, 4) is 11.4 Å². The minimum Gasteiger partial charge on any atom is -0.356 e. The van der Waals surface area contributed by atoms with Crippen molar-refractivity contribution < 1.29 is 13.8 Å². The van der Waals surface area contributed by atoms with Gasteiger partial charge in [0.2, 0.25) is 17.6 Å². The summed E-state index contributed by atoms with van der Waals surface area (Å²) in [6.45, 7) is 3.49. The molecular weight excluding hydrogens is 392 g/mol. The van der Waals surface area contributed by atoms with Gasteiger partial charge in [0.25, 0.3) is 0 Å². The molecule has 1 saturated heterocycles. The Labute approximate surface area is 180 Å². The Balaban J connectivity index is 1.23. The number of nitrogens with zero attached hydrogens (tertiary/aromatic N) is 4. The van der Waals surface area contributed by atoms with Gasteiger partial charge in [-0.15, -0.1) is 0 Å². The van der Waals surface area contributed by atoms with E-state index in [1.807, 2.05) is 60.4 Å². The minimum absolute atomic E-state index is 0.0786. The second-order valence-corrected chi connectivity index (χ2v) is 8.18. The molecule has 1 atom stereocenters. The lowest BCUT2D eigenvalue weighted by Gasteiger charge is -2.32. The Kier molecular flexibility index (Phi) is 5.24. The molecule has 1 amide bonds. The fourth-order valence-corrected chi connectivity index (χ4v) is 4.30. The second-order valence-electron chi connectivity index (χ2n) is 8.18. The highest BCUT2D eigenvalue weighted by Crippen LogP contribution is 2.25. The van der Waals surface area contributed by atoms with E-state index in [1.165, 1.54) is 0 Å². The summed E-state index contributed by atoms with van der Waals surface area (Å²) in [6.07, 6.45) is 2.94. The first-order valence-corrected chi connectivity index (χ1v) is 10.7. The molecule has 7 nitrogen and oxygen atoms in total. The number of piperidine rings is 1. The molecule has 2 aromatic heterocycles. The maximum Gasteiger partial charge on any atom is 0.228 e. The highest BCUT2D eigenvalue weighted by Gasteiger charge is 2.26. The largest absolute Gasteiger partial charge is 0.356 e. The predicted octanol–water partition coefficient (Wildman–Crippen LogP) is 4.21. The summed E-state index contributed by atoms with van der Waals surface area (Å²) in [5.74, 6) is 1.63. The first-order chi connectivity index (χ1) is 15.2. The molecule has 0 saturated carbocycles. The number of hydrogen-bond acceptors (Lipinski definition) is 6. The smallest absolute Gasteiger partial charge is 0.228 e. The third-order valence-electron chi connectivity index (χ3n) is 5.96. The van der Waals surface area contributed by atoms with Crippen LogP contribution < -0.4 is 0 Å². The second kappa shape index (κ2) is 8.34. The number of aromatic nitrogens is 3. The van der Waals surface area contributed by atoms with E-state index >= 15 is 0 Å². The van der Waals surface area contributed by atoms with Gasteiger partial charge in [-0.3, -0.25) is 4.79 Å². The zero-order valence-electron chi connectivity index (χ0n) is 17.5. The lowest BCUT2D eigenvalue weighted by atomic mass is 9.94. The number of amides is 1. The van der Waals surface area contributed by atoms with E-state index < -0.39 is 0 Å². The molecule has 1 fully saturated rings. The number of hydrogen-bond donors (Lipinski definition) is 0. The average molecular weight is 416 g/mol. The molecule has 0 bridgehead atoms.